The van der Waals surface area contributed by atoms with Crippen LogP contribution < -0.4 is 11.1 Å². The zero-order chi connectivity index (χ0) is 14.8. The summed E-state index contributed by atoms with van der Waals surface area (Å²) in [5, 5.41) is 3.40. The van der Waals surface area contributed by atoms with Crippen molar-refractivity contribution in [1.82, 2.24) is 4.98 Å². The van der Waals surface area contributed by atoms with Crippen molar-refractivity contribution in [2.45, 2.75) is 33.1 Å². The molecule has 0 amide bonds. The fourth-order valence-corrected chi connectivity index (χ4v) is 2.15. The molecule has 0 fully saturated rings. The van der Waals surface area contributed by atoms with Gasteiger partial charge in [-0.2, -0.15) is 0 Å². The molecule has 0 saturated heterocycles. The molecule has 3 N–H and O–H groups in total. The summed E-state index contributed by atoms with van der Waals surface area (Å²) < 4.78 is 0. The van der Waals surface area contributed by atoms with Gasteiger partial charge in [-0.15, -0.1) is 0 Å². The summed E-state index contributed by atoms with van der Waals surface area (Å²) in [4.78, 5) is 4.45. The summed E-state index contributed by atoms with van der Waals surface area (Å²) in [7, 11) is 0. The first-order valence-corrected chi connectivity index (χ1v) is 6.93. The number of aromatic nitrogens is 1. The SMILES string of the molecule is Cc1cccc(C(C)(C)CNc2ccc(N)c(C)n2)c1. The summed E-state index contributed by atoms with van der Waals surface area (Å²) >= 11 is 0. The lowest BCUT2D eigenvalue weighted by atomic mass is 9.84. The van der Waals surface area contributed by atoms with Crippen LogP contribution in [0.4, 0.5) is 11.5 Å². The van der Waals surface area contributed by atoms with Gasteiger partial charge in [-0.3, -0.25) is 0 Å². The number of anilines is 2. The Hall–Kier alpha value is -2.03. The lowest BCUT2D eigenvalue weighted by Crippen LogP contribution is -2.28. The molecule has 1 aromatic heterocycles. The van der Waals surface area contributed by atoms with Crippen LogP contribution in [0, 0.1) is 13.8 Å². The van der Waals surface area contributed by atoms with Gasteiger partial charge < -0.3 is 11.1 Å². The number of aryl methyl sites for hydroxylation is 2. The Labute approximate surface area is 121 Å². The second-order valence-electron chi connectivity index (χ2n) is 5.98. The van der Waals surface area contributed by atoms with E-state index in [1.165, 1.54) is 11.1 Å². The zero-order valence-corrected chi connectivity index (χ0v) is 12.7. The van der Waals surface area contributed by atoms with Gasteiger partial charge in [0, 0.05) is 12.0 Å². The zero-order valence-electron chi connectivity index (χ0n) is 12.7. The largest absolute Gasteiger partial charge is 0.397 e. The number of nitrogen functional groups attached to an aromatic ring is 1. The van der Waals surface area contributed by atoms with Crippen molar-refractivity contribution >= 4 is 11.5 Å². The standard InChI is InChI=1S/C17H23N3/c1-12-6-5-7-14(10-12)17(3,4)11-19-16-9-8-15(18)13(2)20-16/h5-10H,11,18H2,1-4H3,(H,19,20). The molecule has 0 atom stereocenters. The topological polar surface area (TPSA) is 50.9 Å². The molecule has 106 valence electrons. The number of nitrogens with zero attached hydrogens (tertiary/aromatic N) is 1. The number of nitrogens with one attached hydrogen (secondary N) is 1. The molecular weight excluding hydrogens is 246 g/mol. The Kier molecular flexibility index (Phi) is 3.98. The van der Waals surface area contributed by atoms with E-state index >= 15 is 0 Å². The predicted octanol–water partition coefficient (Wildman–Crippen LogP) is 3.67. The van der Waals surface area contributed by atoms with Crippen LogP contribution in [-0.4, -0.2) is 11.5 Å². The minimum atomic E-state index is 0.0446. The van der Waals surface area contributed by atoms with Crippen molar-refractivity contribution in [2.75, 3.05) is 17.6 Å². The van der Waals surface area contributed by atoms with Gasteiger partial charge in [0.25, 0.3) is 0 Å². The van der Waals surface area contributed by atoms with Crippen molar-refractivity contribution in [2.24, 2.45) is 0 Å². The van der Waals surface area contributed by atoms with Gasteiger partial charge in [0.2, 0.25) is 0 Å². The highest BCUT2D eigenvalue weighted by molar-refractivity contribution is 5.49. The average Bonchev–Trinajstić information content (AvgIpc) is 2.40. The van der Waals surface area contributed by atoms with E-state index in [0.29, 0.717) is 0 Å². The first-order valence-electron chi connectivity index (χ1n) is 6.93. The molecule has 0 spiro atoms. The fraction of sp³-hybridized carbons (Fsp3) is 0.353. The highest BCUT2D eigenvalue weighted by atomic mass is 15.0. The third-order valence-corrected chi connectivity index (χ3v) is 3.64. The summed E-state index contributed by atoms with van der Waals surface area (Å²) in [6.07, 6.45) is 0. The monoisotopic (exact) mass is 269 g/mol. The quantitative estimate of drug-likeness (QED) is 0.890. The molecule has 0 aliphatic carbocycles. The van der Waals surface area contributed by atoms with E-state index in [-0.39, 0.29) is 5.41 Å². The molecule has 1 heterocycles. The molecule has 0 aliphatic rings. The summed E-state index contributed by atoms with van der Waals surface area (Å²) in [5.41, 5.74) is 10.0. The van der Waals surface area contributed by atoms with Gasteiger partial charge in [-0.05, 0) is 31.5 Å². The van der Waals surface area contributed by atoms with Crippen LogP contribution in [0.5, 0.6) is 0 Å². The van der Waals surface area contributed by atoms with Crippen LogP contribution in [0.1, 0.15) is 30.7 Å². The first kappa shape index (κ1) is 14.4. The van der Waals surface area contributed by atoms with Crippen LogP contribution in [-0.2, 0) is 5.41 Å². The minimum Gasteiger partial charge on any atom is -0.397 e. The number of hydrogen-bond donors (Lipinski definition) is 2. The van der Waals surface area contributed by atoms with Crippen LogP contribution in [0.15, 0.2) is 36.4 Å². The second-order valence-corrected chi connectivity index (χ2v) is 5.98. The first-order chi connectivity index (χ1) is 9.38. The van der Waals surface area contributed by atoms with Crippen molar-refractivity contribution < 1.29 is 0 Å². The van der Waals surface area contributed by atoms with E-state index in [0.717, 1.165) is 23.7 Å². The number of hydrogen-bond acceptors (Lipinski definition) is 3. The molecule has 20 heavy (non-hydrogen) atoms. The van der Waals surface area contributed by atoms with Crippen molar-refractivity contribution in [1.29, 1.82) is 0 Å². The van der Waals surface area contributed by atoms with Gasteiger partial charge >= 0.3 is 0 Å². The Morgan fingerprint density at radius 1 is 1.15 bits per heavy atom. The van der Waals surface area contributed by atoms with E-state index in [4.69, 9.17) is 5.73 Å². The molecule has 0 radical (unpaired) electrons. The normalized spacial score (nSPS) is 11.4. The molecule has 0 aliphatic heterocycles. The molecule has 0 saturated carbocycles. The Morgan fingerprint density at radius 2 is 1.90 bits per heavy atom. The third kappa shape index (κ3) is 3.29. The van der Waals surface area contributed by atoms with Gasteiger partial charge in [-0.1, -0.05) is 43.7 Å². The smallest absolute Gasteiger partial charge is 0.126 e. The second kappa shape index (κ2) is 5.53. The maximum absolute atomic E-state index is 5.79. The number of nitrogens with two attached hydrogens (primary N) is 1. The molecule has 0 unspecified atom stereocenters. The minimum absolute atomic E-state index is 0.0446. The van der Waals surface area contributed by atoms with Gasteiger partial charge in [0.1, 0.15) is 5.82 Å². The van der Waals surface area contributed by atoms with Gasteiger partial charge in [0.15, 0.2) is 0 Å². The van der Waals surface area contributed by atoms with Gasteiger partial charge in [-0.25, -0.2) is 4.98 Å². The van der Waals surface area contributed by atoms with Crippen LogP contribution in [0.2, 0.25) is 0 Å². The lowest BCUT2D eigenvalue weighted by molar-refractivity contribution is 0.555. The average molecular weight is 269 g/mol. The molecule has 3 heteroatoms. The Bertz CT molecular complexity index is 603. The van der Waals surface area contributed by atoms with Crippen LogP contribution in [0.3, 0.4) is 0 Å². The van der Waals surface area contributed by atoms with Crippen LogP contribution in [0.25, 0.3) is 0 Å². The van der Waals surface area contributed by atoms with E-state index in [2.05, 4.69) is 55.3 Å². The third-order valence-electron chi connectivity index (χ3n) is 3.64. The molecule has 3 nitrogen and oxygen atoms in total. The number of pyridine rings is 1. The summed E-state index contributed by atoms with van der Waals surface area (Å²) in [5.74, 6) is 0.873. The van der Waals surface area contributed by atoms with Gasteiger partial charge in [0.05, 0.1) is 11.4 Å². The number of rotatable bonds is 4. The van der Waals surface area contributed by atoms with E-state index < -0.39 is 0 Å². The maximum Gasteiger partial charge on any atom is 0.126 e. The summed E-state index contributed by atoms with van der Waals surface area (Å²) in [6.45, 7) is 9.34. The molecule has 2 aromatic rings. The molecule has 0 bridgehead atoms. The Morgan fingerprint density at radius 3 is 2.55 bits per heavy atom. The van der Waals surface area contributed by atoms with E-state index in [1.807, 2.05) is 19.1 Å². The molecule has 1 aromatic carbocycles. The Balaban J connectivity index is 2.10. The predicted molar refractivity (Wildman–Crippen MR) is 86.1 cm³/mol. The molecule has 2 rings (SSSR count). The van der Waals surface area contributed by atoms with Crippen molar-refractivity contribution in [3.8, 4) is 0 Å². The summed E-state index contributed by atoms with van der Waals surface area (Å²) in [6, 6.07) is 12.5. The fourth-order valence-electron chi connectivity index (χ4n) is 2.15. The highest BCUT2D eigenvalue weighted by Crippen LogP contribution is 2.24. The number of benzene rings is 1. The molecular formula is C17H23N3. The highest BCUT2D eigenvalue weighted by Gasteiger charge is 2.20. The van der Waals surface area contributed by atoms with E-state index in [1.54, 1.807) is 0 Å². The lowest BCUT2D eigenvalue weighted by Gasteiger charge is -2.26. The van der Waals surface area contributed by atoms with Crippen LogP contribution >= 0.6 is 0 Å². The van der Waals surface area contributed by atoms with E-state index in [9.17, 15) is 0 Å². The van der Waals surface area contributed by atoms with Crippen molar-refractivity contribution in [3.63, 3.8) is 0 Å². The van der Waals surface area contributed by atoms with Crippen molar-refractivity contribution in [3.05, 3.63) is 53.2 Å². The maximum atomic E-state index is 5.79.